The van der Waals surface area contributed by atoms with Crippen molar-refractivity contribution in [3.8, 4) is 16.8 Å². The van der Waals surface area contributed by atoms with Crippen LogP contribution < -0.4 is 4.90 Å². The second-order valence-electron chi connectivity index (χ2n) is 13.0. The van der Waals surface area contributed by atoms with Gasteiger partial charge in [-0.3, -0.25) is 0 Å². The first-order valence-electron chi connectivity index (χ1n) is 17.2. The molecule has 10 rings (SSSR count). The standard InChI is InChI=1S/C48H32N2/c1-2-11-38-31-41(29-23-33(38)9-1)49(42-30-24-37-18-17-36-10-3-4-12-43(36)46(37)32-42)39-25-19-34(20-26-39)35-21-27-40(28-22-35)50-47-15-7-5-13-44(47)45-14-6-8-16-48(45)50/h1-32H. The summed E-state index contributed by atoms with van der Waals surface area (Å²) in [6, 6.07) is 70.5. The summed E-state index contributed by atoms with van der Waals surface area (Å²) in [6.07, 6.45) is 0. The molecule has 9 aromatic carbocycles. The second-order valence-corrected chi connectivity index (χ2v) is 13.0. The number of aromatic nitrogens is 1. The number of benzene rings is 9. The lowest BCUT2D eigenvalue weighted by atomic mass is 10.0. The molecule has 10 aromatic rings. The minimum Gasteiger partial charge on any atom is -0.310 e. The van der Waals surface area contributed by atoms with Crippen LogP contribution in [0.15, 0.2) is 194 Å². The molecule has 0 amide bonds. The molecule has 0 radical (unpaired) electrons. The fourth-order valence-corrected chi connectivity index (χ4v) is 7.70. The topological polar surface area (TPSA) is 8.17 Å². The Kier molecular flexibility index (Phi) is 6.53. The van der Waals surface area contributed by atoms with Gasteiger partial charge in [0.1, 0.15) is 0 Å². The van der Waals surface area contributed by atoms with E-state index in [4.69, 9.17) is 0 Å². The van der Waals surface area contributed by atoms with Crippen LogP contribution in [0.4, 0.5) is 17.1 Å². The highest BCUT2D eigenvalue weighted by Crippen LogP contribution is 2.40. The van der Waals surface area contributed by atoms with E-state index in [0.29, 0.717) is 0 Å². The van der Waals surface area contributed by atoms with Crippen molar-refractivity contribution in [2.45, 2.75) is 0 Å². The first kappa shape index (κ1) is 28.4. The average Bonchev–Trinajstić information content (AvgIpc) is 3.53. The second kappa shape index (κ2) is 11.5. The molecule has 0 fully saturated rings. The summed E-state index contributed by atoms with van der Waals surface area (Å²) in [5, 5.41) is 10.0. The summed E-state index contributed by atoms with van der Waals surface area (Å²) < 4.78 is 2.37. The fourth-order valence-electron chi connectivity index (χ4n) is 7.70. The Labute approximate surface area is 290 Å². The number of nitrogens with zero attached hydrogens (tertiary/aromatic N) is 2. The zero-order valence-electron chi connectivity index (χ0n) is 27.4. The first-order chi connectivity index (χ1) is 24.8. The van der Waals surface area contributed by atoms with Gasteiger partial charge in [0.05, 0.1) is 11.0 Å². The van der Waals surface area contributed by atoms with Gasteiger partial charge in [-0.2, -0.15) is 0 Å². The molecule has 1 aromatic heterocycles. The van der Waals surface area contributed by atoms with Gasteiger partial charge in [0.15, 0.2) is 0 Å². The van der Waals surface area contributed by atoms with Crippen molar-refractivity contribution in [3.05, 3.63) is 194 Å². The number of rotatable bonds is 5. The summed E-state index contributed by atoms with van der Waals surface area (Å²) in [5.41, 5.74) is 9.36. The third-order valence-corrected chi connectivity index (χ3v) is 10.1. The van der Waals surface area contributed by atoms with E-state index in [0.717, 1.165) is 22.7 Å². The Morgan fingerprint density at radius 1 is 0.300 bits per heavy atom. The van der Waals surface area contributed by atoms with Crippen LogP contribution in [0.3, 0.4) is 0 Å². The Balaban J connectivity index is 1.06. The molecule has 0 aliphatic rings. The molecule has 1 heterocycles. The zero-order chi connectivity index (χ0) is 33.0. The molecule has 2 nitrogen and oxygen atoms in total. The highest BCUT2D eigenvalue weighted by atomic mass is 15.1. The van der Waals surface area contributed by atoms with E-state index >= 15 is 0 Å². The first-order valence-corrected chi connectivity index (χ1v) is 17.2. The lowest BCUT2D eigenvalue weighted by Gasteiger charge is -2.26. The van der Waals surface area contributed by atoms with E-state index < -0.39 is 0 Å². The monoisotopic (exact) mass is 636 g/mol. The van der Waals surface area contributed by atoms with Crippen LogP contribution >= 0.6 is 0 Å². The van der Waals surface area contributed by atoms with E-state index in [9.17, 15) is 0 Å². The Morgan fingerprint density at radius 3 is 1.44 bits per heavy atom. The van der Waals surface area contributed by atoms with Gasteiger partial charge in [-0.1, -0.05) is 133 Å². The molecule has 234 valence electrons. The third kappa shape index (κ3) is 4.65. The smallest absolute Gasteiger partial charge is 0.0541 e. The van der Waals surface area contributed by atoms with Gasteiger partial charge < -0.3 is 9.47 Å². The van der Waals surface area contributed by atoms with Crippen LogP contribution in [0.1, 0.15) is 0 Å². The minimum absolute atomic E-state index is 1.12. The number of hydrogen-bond acceptors (Lipinski definition) is 1. The number of para-hydroxylation sites is 2. The maximum atomic E-state index is 2.38. The Bertz CT molecular complexity index is 2810. The van der Waals surface area contributed by atoms with Crippen LogP contribution in [-0.2, 0) is 0 Å². The van der Waals surface area contributed by atoms with Crippen molar-refractivity contribution in [1.29, 1.82) is 0 Å². The van der Waals surface area contributed by atoms with Crippen LogP contribution in [-0.4, -0.2) is 4.57 Å². The van der Waals surface area contributed by atoms with Crippen LogP contribution in [0.5, 0.6) is 0 Å². The summed E-state index contributed by atoms with van der Waals surface area (Å²) in [4.78, 5) is 2.38. The number of anilines is 3. The minimum atomic E-state index is 1.12. The lowest BCUT2D eigenvalue weighted by Crippen LogP contribution is -2.10. The van der Waals surface area contributed by atoms with E-state index in [1.54, 1.807) is 0 Å². The molecular formula is C48H32N2. The van der Waals surface area contributed by atoms with Crippen molar-refractivity contribution >= 4 is 71.2 Å². The van der Waals surface area contributed by atoms with Gasteiger partial charge in [-0.25, -0.2) is 0 Å². The van der Waals surface area contributed by atoms with E-state index in [1.807, 2.05) is 0 Å². The van der Waals surface area contributed by atoms with E-state index in [2.05, 4.69) is 204 Å². The highest BCUT2D eigenvalue weighted by molar-refractivity contribution is 6.10. The largest absolute Gasteiger partial charge is 0.310 e. The fraction of sp³-hybridized carbons (Fsp3) is 0. The Morgan fingerprint density at radius 2 is 0.760 bits per heavy atom. The molecule has 0 aliphatic carbocycles. The van der Waals surface area contributed by atoms with E-state index in [1.165, 1.54) is 65.3 Å². The van der Waals surface area contributed by atoms with Gasteiger partial charge in [0, 0.05) is 33.5 Å². The zero-order valence-corrected chi connectivity index (χ0v) is 27.4. The van der Waals surface area contributed by atoms with Crippen LogP contribution in [0.2, 0.25) is 0 Å². The van der Waals surface area contributed by atoms with Crippen molar-refractivity contribution in [3.63, 3.8) is 0 Å². The summed E-state index contributed by atoms with van der Waals surface area (Å²) >= 11 is 0. The van der Waals surface area contributed by atoms with Crippen molar-refractivity contribution < 1.29 is 0 Å². The summed E-state index contributed by atoms with van der Waals surface area (Å²) in [5.74, 6) is 0. The lowest BCUT2D eigenvalue weighted by molar-refractivity contribution is 1.18. The Hall–Kier alpha value is -6.64. The molecule has 0 spiro atoms. The van der Waals surface area contributed by atoms with Gasteiger partial charge in [-0.05, 0) is 104 Å². The third-order valence-electron chi connectivity index (χ3n) is 10.1. The maximum Gasteiger partial charge on any atom is 0.0541 e. The maximum absolute atomic E-state index is 2.38. The molecule has 0 aliphatic heterocycles. The summed E-state index contributed by atoms with van der Waals surface area (Å²) in [6.45, 7) is 0. The molecule has 0 saturated heterocycles. The van der Waals surface area contributed by atoms with Crippen molar-refractivity contribution in [2.24, 2.45) is 0 Å². The van der Waals surface area contributed by atoms with E-state index in [-0.39, 0.29) is 0 Å². The van der Waals surface area contributed by atoms with Gasteiger partial charge in [-0.15, -0.1) is 0 Å². The number of fused-ring (bicyclic) bond motifs is 7. The van der Waals surface area contributed by atoms with Gasteiger partial charge in [0.2, 0.25) is 0 Å². The molecule has 0 N–H and O–H groups in total. The molecule has 2 heteroatoms. The number of hydrogen-bond donors (Lipinski definition) is 0. The molecular weight excluding hydrogens is 605 g/mol. The molecule has 0 saturated carbocycles. The summed E-state index contributed by atoms with van der Waals surface area (Å²) in [7, 11) is 0. The van der Waals surface area contributed by atoms with Gasteiger partial charge in [0.25, 0.3) is 0 Å². The normalized spacial score (nSPS) is 11.6. The SMILES string of the molecule is c1ccc2cc(N(c3ccc(-c4ccc(-n5c6ccccc6c6ccccc65)cc4)cc3)c3ccc4ccc5ccccc5c4c3)ccc2c1. The predicted molar refractivity (Wildman–Crippen MR) is 213 cm³/mol. The highest BCUT2D eigenvalue weighted by Gasteiger charge is 2.16. The van der Waals surface area contributed by atoms with Crippen LogP contribution in [0.25, 0.3) is 70.9 Å². The predicted octanol–water partition coefficient (Wildman–Crippen LogP) is 13.4. The average molecular weight is 637 g/mol. The quantitative estimate of drug-likeness (QED) is 0.171. The molecule has 50 heavy (non-hydrogen) atoms. The van der Waals surface area contributed by atoms with Gasteiger partial charge >= 0.3 is 0 Å². The molecule has 0 unspecified atom stereocenters. The van der Waals surface area contributed by atoms with Crippen molar-refractivity contribution in [1.82, 2.24) is 4.57 Å². The molecule has 0 atom stereocenters. The van der Waals surface area contributed by atoms with Crippen molar-refractivity contribution in [2.75, 3.05) is 4.90 Å². The van der Waals surface area contributed by atoms with Crippen LogP contribution in [0, 0.1) is 0 Å². The molecule has 0 bridgehead atoms.